The molecule has 2 nitrogen and oxygen atoms in total. The fraction of sp³-hybridized carbons (Fsp3) is 0.133. The molecule has 0 N–H and O–H groups in total. The summed E-state index contributed by atoms with van der Waals surface area (Å²) in [4.78, 5) is 0. The van der Waals surface area contributed by atoms with Crippen molar-refractivity contribution in [2.24, 2.45) is 4.40 Å². The third-order valence-electron chi connectivity index (χ3n) is 3.64. The highest BCUT2D eigenvalue weighted by Gasteiger charge is 2.36. The minimum Gasteiger partial charge on any atom is -0.220 e. The third kappa shape index (κ3) is 1.26. The molecule has 1 unspecified atom stereocenters. The summed E-state index contributed by atoms with van der Waals surface area (Å²) in [6.07, 6.45) is 0. The first-order chi connectivity index (χ1) is 8.86. The molecule has 1 aliphatic carbocycles. The van der Waals surface area contributed by atoms with E-state index in [2.05, 4.69) is 64.3 Å². The van der Waals surface area contributed by atoms with Gasteiger partial charge in [-0.1, -0.05) is 48.5 Å². The van der Waals surface area contributed by atoms with Crippen LogP contribution in [0.5, 0.6) is 0 Å². The van der Waals surface area contributed by atoms with Crippen LogP contribution in [0.1, 0.15) is 17.2 Å². The van der Waals surface area contributed by atoms with Gasteiger partial charge in [-0.15, -0.1) is 0 Å². The molecule has 0 fully saturated rings. The quantitative estimate of drug-likeness (QED) is 0.664. The Morgan fingerprint density at radius 1 is 0.944 bits per heavy atom. The number of likely N-dealkylation sites (N-methyl/N-ethyl adjacent to an activating group) is 1. The average Bonchev–Trinajstić information content (AvgIpc) is 2.82. The molecule has 0 bridgehead atoms. The lowest BCUT2D eigenvalue weighted by atomic mass is 9.81. The number of fused-ring (bicyclic) bond motifs is 6. The van der Waals surface area contributed by atoms with E-state index in [0.717, 1.165) is 0 Å². The number of hydrogen-bond donors (Lipinski definition) is 0. The van der Waals surface area contributed by atoms with E-state index in [1.807, 2.05) is 0 Å². The normalized spacial score (nSPS) is 20.9. The van der Waals surface area contributed by atoms with Crippen LogP contribution in [0.2, 0.25) is 0 Å². The maximum Gasteiger partial charge on any atom is 0.0907 e. The van der Waals surface area contributed by atoms with Gasteiger partial charge in [-0.25, -0.2) is 8.70 Å². The van der Waals surface area contributed by atoms with Crippen LogP contribution in [0.25, 0.3) is 11.1 Å². The summed E-state index contributed by atoms with van der Waals surface area (Å²) in [7, 11) is 2.11. The molecular weight excluding hydrogens is 240 g/mol. The monoisotopic (exact) mass is 252 g/mol. The third-order valence-corrected chi connectivity index (χ3v) is 4.39. The van der Waals surface area contributed by atoms with Crippen LogP contribution in [0.15, 0.2) is 52.9 Å². The van der Waals surface area contributed by atoms with Crippen molar-refractivity contribution in [3.8, 4) is 11.1 Å². The fourth-order valence-electron chi connectivity index (χ4n) is 2.84. The average molecular weight is 252 g/mol. The second kappa shape index (κ2) is 3.70. The molecule has 18 heavy (non-hydrogen) atoms. The van der Waals surface area contributed by atoms with Crippen molar-refractivity contribution in [2.75, 3.05) is 7.05 Å². The van der Waals surface area contributed by atoms with Gasteiger partial charge in [-0.05, 0) is 16.7 Å². The van der Waals surface area contributed by atoms with E-state index in [4.69, 9.17) is 0 Å². The molecule has 0 saturated carbocycles. The van der Waals surface area contributed by atoms with Gasteiger partial charge in [-0.2, -0.15) is 0 Å². The predicted octanol–water partition coefficient (Wildman–Crippen LogP) is 3.71. The fourth-order valence-corrected chi connectivity index (χ4v) is 3.56. The Bertz CT molecular complexity index is 663. The molecule has 0 aromatic heterocycles. The molecule has 2 aliphatic rings. The number of rotatable bonds is 0. The van der Waals surface area contributed by atoms with Crippen LogP contribution in [0, 0.1) is 0 Å². The molecular formula is C15H12N2S. The van der Waals surface area contributed by atoms with Crippen molar-refractivity contribution < 1.29 is 0 Å². The second-order valence-electron chi connectivity index (χ2n) is 4.64. The molecule has 4 rings (SSSR count). The van der Waals surface area contributed by atoms with Crippen LogP contribution in [0.3, 0.4) is 0 Å². The summed E-state index contributed by atoms with van der Waals surface area (Å²) in [6.45, 7) is 0. The van der Waals surface area contributed by atoms with Gasteiger partial charge < -0.3 is 0 Å². The van der Waals surface area contributed by atoms with Gasteiger partial charge >= 0.3 is 0 Å². The van der Waals surface area contributed by atoms with Crippen molar-refractivity contribution in [3.05, 3.63) is 59.7 Å². The minimum atomic E-state index is 0.293. The minimum absolute atomic E-state index is 0.293. The van der Waals surface area contributed by atoms with Gasteiger partial charge in [0.1, 0.15) is 0 Å². The van der Waals surface area contributed by atoms with Crippen molar-refractivity contribution in [1.29, 1.82) is 0 Å². The largest absolute Gasteiger partial charge is 0.220 e. The molecule has 3 heteroatoms. The topological polar surface area (TPSA) is 15.6 Å². The Labute approximate surface area is 111 Å². The number of benzene rings is 2. The molecule has 1 atom stereocenters. The Kier molecular flexibility index (Phi) is 2.13. The first-order valence-corrected chi connectivity index (χ1v) is 6.76. The SMILES string of the molecule is CN1SN=C2c3ccccc3-c3ccccc3C21. The zero-order valence-electron chi connectivity index (χ0n) is 10.00. The van der Waals surface area contributed by atoms with Crippen LogP contribution in [0.4, 0.5) is 0 Å². The highest BCUT2D eigenvalue weighted by Crippen LogP contribution is 2.46. The van der Waals surface area contributed by atoms with Gasteiger partial charge in [-0.3, -0.25) is 0 Å². The molecule has 2 aromatic rings. The van der Waals surface area contributed by atoms with E-state index in [1.165, 1.54) is 28.0 Å². The predicted molar refractivity (Wildman–Crippen MR) is 76.5 cm³/mol. The van der Waals surface area contributed by atoms with Crippen LogP contribution in [-0.4, -0.2) is 17.1 Å². The summed E-state index contributed by atoms with van der Waals surface area (Å²) >= 11 is 1.55. The van der Waals surface area contributed by atoms with Crippen molar-refractivity contribution in [1.82, 2.24) is 4.31 Å². The smallest absolute Gasteiger partial charge is 0.0907 e. The summed E-state index contributed by atoms with van der Waals surface area (Å²) in [5.41, 5.74) is 6.47. The maximum atomic E-state index is 4.64. The standard InChI is InChI=1S/C15H12N2S/c1-17-15-13-9-5-3-7-11(13)10-6-2-4-8-12(10)14(15)16-18-17/h2-9,15H,1H3. The number of nitrogens with zero attached hydrogens (tertiary/aromatic N) is 2. The molecule has 0 spiro atoms. The Balaban J connectivity index is 2.08. The van der Waals surface area contributed by atoms with E-state index in [0.29, 0.717) is 6.04 Å². The molecule has 0 saturated heterocycles. The summed E-state index contributed by atoms with van der Waals surface area (Å²) in [5, 5.41) is 0. The highest BCUT2D eigenvalue weighted by molar-refractivity contribution is 7.96. The summed E-state index contributed by atoms with van der Waals surface area (Å²) in [5.74, 6) is 0. The molecule has 0 amide bonds. The lowest BCUT2D eigenvalue weighted by molar-refractivity contribution is 0.531. The lowest BCUT2D eigenvalue weighted by Gasteiger charge is -2.28. The van der Waals surface area contributed by atoms with E-state index in [-0.39, 0.29) is 0 Å². The van der Waals surface area contributed by atoms with Crippen molar-refractivity contribution >= 4 is 17.8 Å². The second-order valence-corrected chi connectivity index (χ2v) is 5.56. The first kappa shape index (κ1) is 10.4. The van der Waals surface area contributed by atoms with E-state index in [1.54, 1.807) is 12.1 Å². The van der Waals surface area contributed by atoms with Crippen molar-refractivity contribution in [2.45, 2.75) is 6.04 Å². The Hall–Kier alpha value is -1.58. The Morgan fingerprint density at radius 3 is 2.44 bits per heavy atom. The first-order valence-electron chi connectivity index (χ1n) is 6.03. The van der Waals surface area contributed by atoms with Crippen LogP contribution in [-0.2, 0) is 0 Å². The Morgan fingerprint density at radius 2 is 1.61 bits per heavy atom. The molecule has 88 valence electrons. The maximum absolute atomic E-state index is 4.64. The zero-order chi connectivity index (χ0) is 12.1. The molecule has 0 radical (unpaired) electrons. The van der Waals surface area contributed by atoms with Gasteiger partial charge in [0.25, 0.3) is 0 Å². The lowest BCUT2D eigenvalue weighted by Crippen LogP contribution is -2.25. The van der Waals surface area contributed by atoms with Gasteiger partial charge in [0.05, 0.1) is 23.9 Å². The van der Waals surface area contributed by atoms with Gasteiger partial charge in [0.2, 0.25) is 0 Å². The molecule has 2 aromatic carbocycles. The van der Waals surface area contributed by atoms with Gasteiger partial charge in [0, 0.05) is 12.6 Å². The van der Waals surface area contributed by atoms with Crippen LogP contribution >= 0.6 is 12.1 Å². The number of hydrogen-bond acceptors (Lipinski definition) is 3. The molecule has 1 heterocycles. The van der Waals surface area contributed by atoms with Gasteiger partial charge in [0.15, 0.2) is 0 Å². The molecule has 1 aliphatic heterocycles. The van der Waals surface area contributed by atoms with E-state index >= 15 is 0 Å². The highest BCUT2D eigenvalue weighted by atomic mass is 32.2. The van der Waals surface area contributed by atoms with Crippen LogP contribution < -0.4 is 0 Å². The zero-order valence-corrected chi connectivity index (χ0v) is 10.8. The van der Waals surface area contributed by atoms with E-state index < -0.39 is 0 Å². The summed E-state index contributed by atoms with van der Waals surface area (Å²) in [6, 6.07) is 17.5. The summed E-state index contributed by atoms with van der Waals surface area (Å²) < 4.78 is 6.86. The van der Waals surface area contributed by atoms with E-state index in [9.17, 15) is 0 Å². The van der Waals surface area contributed by atoms with Crippen molar-refractivity contribution in [3.63, 3.8) is 0 Å².